The van der Waals surface area contributed by atoms with Crippen LogP contribution in [-0.4, -0.2) is 61.1 Å². The number of carbonyl (C=O) groups is 2. The van der Waals surface area contributed by atoms with Gasteiger partial charge in [0.05, 0.1) is 18.4 Å². The fraction of sp³-hybridized carbons (Fsp3) is 0.600. The highest BCUT2D eigenvalue weighted by atomic mass is 16.5. The number of para-hydroxylation sites is 1. The molecule has 6 nitrogen and oxygen atoms in total. The molecule has 1 aliphatic carbocycles. The summed E-state index contributed by atoms with van der Waals surface area (Å²) in [6, 6.07) is 7.47. The zero-order valence-corrected chi connectivity index (χ0v) is 15.6. The van der Waals surface area contributed by atoms with Crippen molar-refractivity contribution in [1.29, 1.82) is 0 Å². The number of benzene rings is 1. The molecule has 1 saturated carbocycles. The van der Waals surface area contributed by atoms with Crippen LogP contribution in [0.25, 0.3) is 0 Å². The fourth-order valence-electron chi connectivity index (χ4n) is 3.99. The van der Waals surface area contributed by atoms with Gasteiger partial charge in [-0.25, -0.2) is 9.59 Å². The number of rotatable bonds is 3. The number of nitrogens with zero attached hydrogens (tertiary/aromatic N) is 2. The van der Waals surface area contributed by atoms with Crippen molar-refractivity contribution in [2.24, 2.45) is 0 Å². The zero-order valence-electron chi connectivity index (χ0n) is 15.6. The van der Waals surface area contributed by atoms with Crippen LogP contribution in [0.1, 0.15) is 48.9 Å². The molecule has 1 heterocycles. The number of ether oxygens (including phenoxy) is 1. The molecule has 6 heteroatoms. The zero-order chi connectivity index (χ0) is 18.4. The minimum Gasteiger partial charge on any atom is -0.465 e. The molecule has 3 rings (SSSR count). The Hall–Kier alpha value is -2.08. The molecule has 0 radical (unpaired) electrons. The minimum absolute atomic E-state index is 0.151. The first kappa shape index (κ1) is 18.7. The first-order chi connectivity index (χ1) is 12.7. The summed E-state index contributed by atoms with van der Waals surface area (Å²) < 4.78 is 4.78. The lowest BCUT2D eigenvalue weighted by atomic mass is 10.1. The van der Waals surface area contributed by atoms with Gasteiger partial charge in [0, 0.05) is 32.2 Å². The molecule has 0 spiro atoms. The van der Waals surface area contributed by atoms with Crippen molar-refractivity contribution < 1.29 is 14.3 Å². The van der Waals surface area contributed by atoms with Crippen LogP contribution in [0.4, 0.5) is 10.5 Å². The lowest BCUT2D eigenvalue weighted by Crippen LogP contribution is -2.52. The van der Waals surface area contributed by atoms with Crippen molar-refractivity contribution in [1.82, 2.24) is 9.80 Å². The normalized spacial score (nSPS) is 19.7. The quantitative estimate of drug-likeness (QED) is 0.664. The highest BCUT2D eigenvalue weighted by molar-refractivity contribution is 6.00. The van der Waals surface area contributed by atoms with E-state index in [4.69, 9.17) is 4.74 Å². The fourth-order valence-corrected chi connectivity index (χ4v) is 3.99. The van der Waals surface area contributed by atoms with Crippen molar-refractivity contribution in [3.8, 4) is 0 Å². The van der Waals surface area contributed by atoms with Crippen LogP contribution in [0.3, 0.4) is 0 Å². The summed E-state index contributed by atoms with van der Waals surface area (Å²) in [5, 5.41) is 2.87. The third-order valence-corrected chi connectivity index (χ3v) is 5.52. The summed E-state index contributed by atoms with van der Waals surface area (Å²) in [4.78, 5) is 28.8. The molecule has 1 aliphatic heterocycles. The predicted molar refractivity (Wildman–Crippen MR) is 101 cm³/mol. The van der Waals surface area contributed by atoms with Gasteiger partial charge in [0.15, 0.2) is 0 Å². The molecule has 0 aromatic heterocycles. The highest BCUT2D eigenvalue weighted by Crippen LogP contribution is 2.23. The summed E-state index contributed by atoms with van der Waals surface area (Å²) in [5.41, 5.74) is 0.871. The van der Waals surface area contributed by atoms with Crippen molar-refractivity contribution in [3.05, 3.63) is 29.8 Å². The van der Waals surface area contributed by atoms with Gasteiger partial charge in [0.1, 0.15) is 0 Å². The number of hydrogen-bond donors (Lipinski definition) is 1. The summed E-state index contributed by atoms with van der Waals surface area (Å²) in [6.07, 6.45) is 7.96. The van der Waals surface area contributed by atoms with Crippen LogP contribution in [0.5, 0.6) is 0 Å². The van der Waals surface area contributed by atoms with E-state index in [0.29, 0.717) is 17.3 Å². The molecule has 2 fully saturated rings. The number of anilines is 1. The van der Waals surface area contributed by atoms with Gasteiger partial charge in [-0.15, -0.1) is 0 Å². The lowest BCUT2D eigenvalue weighted by Gasteiger charge is -2.39. The molecule has 2 amide bonds. The number of piperazine rings is 1. The van der Waals surface area contributed by atoms with Gasteiger partial charge in [0.2, 0.25) is 0 Å². The molecule has 0 atom stereocenters. The number of esters is 1. The van der Waals surface area contributed by atoms with Gasteiger partial charge in [-0.05, 0) is 25.0 Å². The number of hydrogen-bond acceptors (Lipinski definition) is 4. The minimum atomic E-state index is -0.445. The molecule has 0 unspecified atom stereocenters. The van der Waals surface area contributed by atoms with Crippen molar-refractivity contribution >= 4 is 17.7 Å². The largest absolute Gasteiger partial charge is 0.465 e. The second kappa shape index (κ2) is 9.03. The number of carbonyl (C=O) groups excluding carboxylic acids is 2. The Bertz CT molecular complexity index is 618. The maximum Gasteiger partial charge on any atom is 0.339 e. The first-order valence-electron chi connectivity index (χ1n) is 9.66. The van der Waals surface area contributed by atoms with Gasteiger partial charge in [-0.3, -0.25) is 4.90 Å². The van der Waals surface area contributed by atoms with E-state index in [2.05, 4.69) is 10.2 Å². The van der Waals surface area contributed by atoms with Gasteiger partial charge in [0.25, 0.3) is 0 Å². The number of urea groups is 1. The Morgan fingerprint density at radius 3 is 2.31 bits per heavy atom. The van der Waals surface area contributed by atoms with E-state index in [1.54, 1.807) is 24.3 Å². The number of amides is 2. The molecule has 1 saturated heterocycles. The van der Waals surface area contributed by atoms with E-state index in [1.165, 1.54) is 45.6 Å². The van der Waals surface area contributed by atoms with Crippen molar-refractivity contribution in [2.45, 2.75) is 44.6 Å². The topological polar surface area (TPSA) is 61.9 Å². The van der Waals surface area contributed by atoms with Crippen molar-refractivity contribution in [3.63, 3.8) is 0 Å². The predicted octanol–water partition coefficient (Wildman–Crippen LogP) is 3.35. The van der Waals surface area contributed by atoms with Crippen LogP contribution < -0.4 is 5.32 Å². The molecular formula is C20H29N3O3. The molecule has 1 aromatic rings. The average molecular weight is 359 g/mol. The van der Waals surface area contributed by atoms with E-state index in [0.717, 1.165) is 26.2 Å². The molecule has 142 valence electrons. The van der Waals surface area contributed by atoms with E-state index >= 15 is 0 Å². The van der Waals surface area contributed by atoms with E-state index in [1.807, 2.05) is 4.90 Å². The van der Waals surface area contributed by atoms with Crippen LogP contribution in [-0.2, 0) is 4.74 Å². The lowest BCUT2D eigenvalue weighted by molar-refractivity contribution is 0.0602. The van der Waals surface area contributed by atoms with E-state index in [9.17, 15) is 9.59 Å². The SMILES string of the molecule is COC(=O)c1ccccc1NC(=O)N1CCN(C2CCCCCC2)CC1. The number of methoxy groups -OCH3 is 1. The number of nitrogens with one attached hydrogen (secondary N) is 1. The van der Waals surface area contributed by atoms with Crippen molar-refractivity contribution in [2.75, 3.05) is 38.6 Å². The summed E-state index contributed by atoms with van der Waals surface area (Å²) in [6.45, 7) is 3.30. The van der Waals surface area contributed by atoms with Gasteiger partial charge < -0.3 is 15.0 Å². The van der Waals surface area contributed by atoms with Crippen LogP contribution in [0.15, 0.2) is 24.3 Å². The maximum atomic E-state index is 12.6. The Balaban J connectivity index is 1.55. The Morgan fingerprint density at radius 1 is 1.00 bits per heavy atom. The van der Waals surface area contributed by atoms with Crippen LogP contribution in [0, 0.1) is 0 Å². The second-order valence-electron chi connectivity index (χ2n) is 7.14. The maximum absolute atomic E-state index is 12.6. The second-order valence-corrected chi connectivity index (χ2v) is 7.14. The molecule has 1 N–H and O–H groups in total. The van der Waals surface area contributed by atoms with Gasteiger partial charge >= 0.3 is 12.0 Å². The van der Waals surface area contributed by atoms with E-state index in [-0.39, 0.29) is 6.03 Å². The highest BCUT2D eigenvalue weighted by Gasteiger charge is 2.27. The molecule has 26 heavy (non-hydrogen) atoms. The smallest absolute Gasteiger partial charge is 0.339 e. The van der Waals surface area contributed by atoms with Gasteiger partial charge in [-0.2, -0.15) is 0 Å². The molecule has 1 aromatic carbocycles. The third-order valence-electron chi connectivity index (χ3n) is 5.52. The van der Waals surface area contributed by atoms with Crippen LogP contribution >= 0.6 is 0 Å². The Morgan fingerprint density at radius 2 is 1.65 bits per heavy atom. The first-order valence-corrected chi connectivity index (χ1v) is 9.66. The standard InChI is InChI=1S/C20H29N3O3/c1-26-19(24)17-10-6-7-11-18(17)21-20(25)23-14-12-22(13-15-23)16-8-4-2-3-5-9-16/h6-7,10-11,16H,2-5,8-9,12-15H2,1H3,(H,21,25). The molecule has 2 aliphatic rings. The van der Waals surface area contributed by atoms with E-state index < -0.39 is 5.97 Å². The van der Waals surface area contributed by atoms with Gasteiger partial charge in [-0.1, -0.05) is 37.8 Å². The summed E-state index contributed by atoms with van der Waals surface area (Å²) >= 11 is 0. The van der Waals surface area contributed by atoms with Crippen LogP contribution in [0.2, 0.25) is 0 Å². The summed E-state index contributed by atoms with van der Waals surface area (Å²) in [5.74, 6) is -0.445. The third kappa shape index (κ3) is 4.55. The molecular weight excluding hydrogens is 330 g/mol. The summed E-state index contributed by atoms with van der Waals surface area (Å²) in [7, 11) is 1.34. The average Bonchev–Trinajstić information content (AvgIpc) is 2.97. The molecule has 0 bridgehead atoms. The Kier molecular flexibility index (Phi) is 6.50. The monoisotopic (exact) mass is 359 g/mol. The Labute approximate surface area is 155 Å².